The lowest BCUT2D eigenvalue weighted by Gasteiger charge is -2.15. The third-order valence-corrected chi connectivity index (χ3v) is 6.03. The highest BCUT2D eigenvalue weighted by molar-refractivity contribution is 5.91. The molecule has 0 aliphatic carbocycles. The Morgan fingerprint density at radius 2 is 1.79 bits per heavy atom. The van der Waals surface area contributed by atoms with Crippen molar-refractivity contribution in [1.29, 1.82) is 0 Å². The van der Waals surface area contributed by atoms with E-state index < -0.39 is 0 Å². The largest absolute Gasteiger partial charge is 0.325 e. The zero-order valence-corrected chi connectivity index (χ0v) is 19.6. The quantitative estimate of drug-likeness (QED) is 0.457. The maximum Gasteiger partial charge on any atom is 0.279 e. The standard InChI is InChI=1S/C26H29N5O2/c1-5-6-12-22-19(4)30(16-23(32)27-21-14-13-17(2)18(3)15-21)26-28-24(29-31(26)25(22)33)20-10-8-7-9-11-20/h7-11,13-15H,5-6,12,16H2,1-4H3,(H,27,32). The molecule has 0 radical (unpaired) electrons. The molecule has 4 rings (SSSR count). The van der Waals surface area contributed by atoms with E-state index in [1.165, 1.54) is 10.1 Å². The molecule has 0 aliphatic heterocycles. The van der Waals surface area contributed by atoms with Gasteiger partial charge in [0.2, 0.25) is 11.7 Å². The first-order chi connectivity index (χ1) is 15.9. The second kappa shape index (κ2) is 9.40. The van der Waals surface area contributed by atoms with Crippen LogP contribution in [0.4, 0.5) is 5.69 Å². The Bertz CT molecular complexity index is 1370. The Morgan fingerprint density at radius 3 is 2.48 bits per heavy atom. The zero-order valence-electron chi connectivity index (χ0n) is 19.6. The van der Waals surface area contributed by atoms with Crippen LogP contribution in [0.5, 0.6) is 0 Å². The average molecular weight is 444 g/mol. The summed E-state index contributed by atoms with van der Waals surface area (Å²) < 4.78 is 3.13. The zero-order chi connectivity index (χ0) is 23.5. The van der Waals surface area contributed by atoms with Crippen LogP contribution in [0, 0.1) is 20.8 Å². The Hall–Kier alpha value is -3.74. The van der Waals surface area contributed by atoms with Crippen LogP contribution in [0.15, 0.2) is 53.3 Å². The maximum atomic E-state index is 13.2. The molecule has 0 unspecified atom stereocenters. The molecular weight excluding hydrogens is 414 g/mol. The number of hydrogen-bond acceptors (Lipinski definition) is 4. The second-order valence-electron chi connectivity index (χ2n) is 8.42. The Labute approximate surface area is 193 Å². The molecule has 1 N–H and O–H groups in total. The lowest BCUT2D eigenvalue weighted by molar-refractivity contribution is -0.116. The number of amides is 1. The summed E-state index contributed by atoms with van der Waals surface area (Å²) in [7, 11) is 0. The van der Waals surface area contributed by atoms with E-state index in [9.17, 15) is 9.59 Å². The minimum Gasteiger partial charge on any atom is -0.325 e. The van der Waals surface area contributed by atoms with Crippen LogP contribution in [0.1, 0.15) is 42.1 Å². The molecule has 0 atom stereocenters. The number of carbonyl (C=O) groups is 1. The van der Waals surface area contributed by atoms with Gasteiger partial charge in [0, 0.05) is 22.5 Å². The average Bonchev–Trinajstić information content (AvgIpc) is 3.25. The second-order valence-corrected chi connectivity index (χ2v) is 8.42. The first kappa shape index (κ1) is 22.5. The van der Waals surface area contributed by atoms with Crippen molar-refractivity contribution < 1.29 is 4.79 Å². The Kier molecular flexibility index (Phi) is 6.40. The van der Waals surface area contributed by atoms with E-state index in [4.69, 9.17) is 0 Å². The fraction of sp³-hybridized carbons (Fsp3) is 0.308. The number of aryl methyl sites for hydroxylation is 2. The highest BCUT2D eigenvalue weighted by Gasteiger charge is 2.20. The number of hydrogen-bond donors (Lipinski definition) is 1. The van der Waals surface area contributed by atoms with Gasteiger partial charge in [-0.3, -0.25) is 9.59 Å². The molecule has 2 aromatic heterocycles. The normalized spacial score (nSPS) is 11.2. The molecule has 2 heterocycles. The van der Waals surface area contributed by atoms with Crippen LogP contribution in [-0.2, 0) is 17.8 Å². The van der Waals surface area contributed by atoms with Crippen LogP contribution in [-0.4, -0.2) is 25.1 Å². The number of nitrogens with one attached hydrogen (secondary N) is 1. The Morgan fingerprint density at radius 1 is 1.03 bits per heavy atom. The molecule has 170 valence electrons. The van der Waals surface area contributed by atoms with Gasteiger partial charge in [-0.25, -0.2) is 0 Å². The number of aromatic nitrogens is 4. The fourth-order valence-electron chi connectivity index (χ4n) is 3.91. The number of carbonyl (C=O) groups excluding carboxylic acids is 1. The lowest BCUT2D eigenvalue weighted by Crippen LogP contribution is -2.29. The SMILES string of the molecule is CCCCc1c(C)n(CC(=O)Nc2ccc(C)c(C)c2)c2nc(-c3ccccc3)nn2c1=O. The van der Waals surface area contributed by atoms with E-state index in [0.717, 1.165) is 35.3 Å². The van der Waals surface area contributed by atoms with Gasteiger partial charge >= 0.3 is 0 Å². The molecule has 33 heavy (non-hydrogen) atoms. The highest BCUT2D eigenvalue weighted by atomic mass is 16.2. The van der Waals surface area contributed by atoms with Gasteiger partial charge in [-0.1, -0.05) is 49.7 Å². The smallest absolute Gasteiger partial charge is 0.279 e. The summed E-state index contributed by atoms with van der Waals surface area (Å²) in [6.07, 6.45) is 2.49. The van der Waals surface area contributed by atoms with E-state index in [1.54, 1.807) is 4.57 Å². The summed E-state index contributed by atoms with van der Waals surface area (Å²) in [5, 5.41) is 7.48. The molecule has 1 amide bonds. The summed E-state index contributed by atoms with van der Waals surface area (Å²) in [6.45, 7) is 8.06. The third kappa shape index (κ3) is 4.58. The third-order valence-electron chi connectivity index (χ3n) is 6.03. The molecule has 7 nitrogen and oxygen atoms in total. The van der Waals surface area contributed by atoms with Gasteiger partial charge in [-0.15, -0.1) is 5.10 Å². The topological polar surface area (TPSA) is 81.3 Å². The van der Waals surface area contributed by atoms with Gasteiger partial charge in [-0.2, -0.15) is 9.50 Å². The minimum absolute atomic E-state index is 0.0363. The summed E-state index contributed by atoms with van der Waals surface area (Å²) >= 11 is 0. The van der Waals surface area contributed by atoms with Crippen molar-refractivity contribution in [3.8, 4) is 11.4 Å². The van der Waals surface area contributed by atoms with Gasteiger partial charge in [0.25, 0.3) is 5.56 Å². The molecule has 4 aromatic rings. The van der Waals surface area contributed by atoms with Crippen LogP contribution >= 0.6 is 0 Å². The predicted molar refractivity (Wildman–Crippen MR) is 131 cm³/mol. The van der Waals surface area contributed by atoms with Gasteiger partial charge in [-0.05, 0) is 56.9 Å². The van der Waals surface area contributed by atoms with Crippen molar-refractivity contribution in [2.75, 3.05) is 5.32 Å². The van der Waals surface area contributed by atoms with Crippen molar-refractivity contribution in [1.82, 2.24) is 19.2 Å². The number of unbranched alkanes of at least 4 members (excludes halogenated alkanes) is 1. The first-order valence-corrected chi connectivity index (χ1v) is 11.3. The van der Waals surface area contributed by atoms with Crippen LogP contribution in [0.2, 0.25) is 0 Å². The fourth-order valence-corrected chi connectivity index (χ4v) is 3.91. The van der Waals surface area contributed by atoms with Crippen molar-refractivity contribution in [3.63, 3.8) is 0 Å². The molecule has 0 saturated heterocycles. The highest BCUT2D eigenvalue weighted by Crippen LogP contribution is 2.18. The lowest BCUT2D eigenvalue weighted by atomic mass is 10.1. The molecule has 0 spiro atoms. The number of rotatable bonds is 7. The summed E-state index contributed by atoms with van der Waals surface area (Å²) in [5.41, 5.74) is 5.10. The van der Waals surface area contributed by atoms with E-state index in [1.807, 2.05) is 69.3 Å². The summed E-state index contributed by atoms with van der Waals surface area (Å²) in [5.74, 6) is 0.646. The van der Waals surface area contributed by atoms with Gasteiger partial charge in [0.05, 0.1) is 0 Å². The minimum atomic E-state index is -0.183. The number of benzene rings is 2. The Balaban J connectivity index is 1.77. The molecular formula is C26H29N5O2. The van der Waals surface area contributed by atoms with Gasteiger partial charge in [0.15, 0.2) is 5.82 Å². The van der Waals surface area contributed by atoms with Crippen LogP contribution in [0.25, 0.3) is 17.2 Å². The molecule has 0 bridgehead atoms. The van der Waals surface area contributed by atoms with Crippen molar-refractivity contribution in [3.05, 3.63) is 81.3 Å². The monoisotopic (exact) mass is 443 g/mol. The van der Waals surface area contributed by atoms with Crippen molar-refractivity contribution in [2.24, 2.45) is 0 Å². The molecule has 0 saturated carbocycles. The molecule has 7 heteroatoms. The summed E-state index contributed by atoms with van der Waals surface area (Å²) in [4.78, 5) is 30.9. The summed E-state index contributed by atoms with van der Waals surface area (Å²) in [6, 6.07) is 15.4. The molecule has 0 aliphatic rings. The molecule has 0 fully saturated rings. The van der Waals surface area contributed by atoms with E-state index in [-0.39, 0.29) is 18.0 Å². The van der Waals surface area contributed by atoms with Gasteiger partial charge < -0.3 is 9.88 Å². The molecule has 2 aromatic carbocycles. The van der Waals surface area contributed by atoms with Crippen LogP contribution in [0.3, 0.4) is 0 Å². The maximum absolute atomic E-state index is 13.2. The van der Waals surface area contributed by atoms with Crippen molar-refractivity contribution in [2.45, 2.75) is 53.5 Å². The first-order valence-electron chi connectivity index (χ1n) is 11.3. The number of fused-ring (bicyclic) bond motifs is 1. The predicted octanol–water partition coefficient (Wildman–Crippen LogP) is 4.46. The number of nitrogens with zero attached hydrogens (tertiary/aromatic N) is 4. The van der Waals surface area contributed by atoms with Crippen molar-refractivity contribution >= 4 is 17.4 Å². The number of anilines is 1. The van der Waals surface area contributed by atoms with E-state index in [0.29, 0.717) is 23.6 Å². The van der Waals surface area contributed by atoms with E-state index in [2.05, 4.69) is 22.3 Å². The van der Waals surface area contributed by atoms with Crippen LogP contribution < -0.4 is 10.9 Å². The van der Waals surface area contributed by atoms with E-state index >= 15 is 0 Å². The van der Waals surface area contributed by atoms with Gasteiger partial charge in [0.1, 0.15) is 6.54 Å².